The molecule has 0 aliphatic rings. The van der Waals surface area contributed by atoms with Gasteiger partial charge in [0.25, 0.3) is 0 Å². The van der Waals surface area contributed by atoms with Crippen LogP contribution in [0.3, 0.4) is 0 Å². The van der Waals surface area contributed by atoms with E-state index in [4.69, 9.17) is 28.9 Å². The minimum absolute atomic E-state index is 0.00625. The number of carbonyl (C=O) groups is 1. The summed E-state index contributed by atoms with van der Waals surface area (Å²) in [5.41, 5.74) is 9.04. The van der Waals surface area contributed by atoms with Crippen molar-refractivity contribution in [3.8, 4) is 0 Å². The van der Waals surface area contributed by atoms with Crippen LogP contribution in [0.2, 0.25) is 10.2 Å². The fourth-order valence-electron chi connectivity index (χ4n) is 2.59. The molecule has 0 fully saturated rings. The molecule has 0 spiro atoms. The first kappa shape index (κ1) is 22.3. The molecule has 1 aromatic heterocycles. The van der Waals surface area contributed by atoms with Crippen LogP contribution >= 0.6 is 23.2 Å². The number of nitrogens with one attached hydrogen (secondary N) is 2. The Hall–Kier alpha value is -3.43. The number of methoxy groups -OCH3 is 1. The van der Waals surface area contributed by atoms with Gasteiger partial charge in [0, 0.05) is 17.3 Å². The number of aromatic nitrogens is 2. The van der Waals surface area contributed by atoms with Crippen molar-refractivity contribution in [2.24, 2.45) is 10.2 Å². The Balaban J connectivity index is 1.79. The van der Waals surface area contributed by atoms with E-state index in [1.165, 1.54) is 7.11 Å². The lowest BCUT2D eigenvalue weighted by Gasteiger charge is -2.12. The van der Waals surface area contributed by atoms with E-state index in [0.29, 0.717) is 28.8 Å². The summed E-state index contributed by atoms with van der Waals surface area (Å²) in [5.74, 6) is 0.344. The van der Waals surface area contributed by atoms with Gasteiger partial charge in [-0.15, -0.1) is 5.11 Å². The van der Waals surface area contributed by atoms with Crippen LogP contribution in [0, 0.1) is 6.92 Å². The predicted octanol–water partition coefficient (Wildman–Crippen LogP) is 5.88. The van der Waals surface area contributed by atoms with Gasteiger partial charge in [0.2, 0.25) is 5.95 Å². The third-order valence-electron chi connectivity index (χ3n) is 4.12. The van der Waals surface area contributed by atoms with Gasteiger partial charge >= 0.3 is 6.09 Å². The van der Waals surface area contributed by atoms with Gasteiger partial charge < -0.3 is 15.8 Å². The number of nitrogens with zero attached hydrogens (tertiary/aromatic N) is 4. The molecule has 11 heteroatoms. The van der Waals surface area contributed by atoms with Gasteiger partial charge in [-0.1, -0.05) is 35.3 Å². The van der Waals surface area contributed by atoms with Gasteiger partial charge in [0.05, 0.1) is 12.8 Å². The third-order valence-corrected chi connectivity index (χ3v) is 4.64. The van der Waals surface area contributed by atoms with E-state index in [0.717, 1.165) is 11.1 Å². The summed E-state index contributed by atoms with van der Waals surface area (Å²) in [6.07, 6.45) is -0.532. The molecule has 0 saturated carbocycles. The van der Waals surface area contributed by atoms with Crippen LogP contribution in [0.5, 0.6) is 0 Å². The number of carbonyl (C=O) groups excluding carboxylic acids is 1. The number of aryl methyl sites for hydroxylation is 1. The molecule has 0 radical (unpaired) electrons. The Bertz CT molecular complexity index is 1120. The number of halogens is 2. The molecule has 1 amide bonds. The average Bonchev–Trinajstić information content (AvgIpc) is 2.74. The number of anilines is 3. The molecule has 31 heavy (non-hydrogen) atoms. The number of benzene rings is 2. The summed E-state index contributed by atoms with van der Waals surface area (Å²) in [4.78, 5) is 19.5. The van der Waals surface area contributed by atoms with Crippen LogP contribution in [-0.2, 0) is 11.3 Å². The zero-order valence-electron chi connectivity index (χ0n) is 16.7. The van der Waals surface area contributed by atoms with Crippen molar-refractivity contribution in [2.75, 3.05) is 23.5 Å². The molecule has 9 nitrogen and oxygen atoms in total. The van der Waals surface area contributed by atoms with Gasteiger partial charge in [-0.25, -0.2) is 4.79 Å². The Labute approximate surface area is 188 Å². The molecule has 0 unspecified atom stereocenters. The molecule has 0 aliphatic heterocycles. The molecule has 160 valence electrons. The first-order valence-corrected chi connectivity index (χ1v) is 9.80. The average molecular weight is 460 g/mol. The van der Waals surface area contributed by atoms with Crippen LogP contribution in [0.1, 0.15) is 11.1 Å². The molecular formula is C20H19Cl2N7O2. The maximum Gasteiger partial charge on any atom is 0.411 e. The molecule has 4 N–H and O–H groups in total. The second-order valence-electron chi connectivity index (χ2n) is 6.37. The highest BCUT2D eigenvalue weighted by Crippen LogP contribution is 2.33. The number of rotatable bonds is 6. The third kappa shape index (κ3) is 6.03. The summed E-state index contributed by atoms with van der Waals surface area (Å²) in [6.45, 7) is 2.27. The van der Waals surface area contributed by atoms with Gasteiger partial charge in [-0.2, -0.15) is 15.1 Å². The molecule has 0 atom stereocenters. The van der Waals surface area contributed by atoms with E-state index in [1.54, 1.807) is 30.3 Å². The van der Waals surface area contributed by atoms with Crippen LogP contribution < -0.4 is 16.4 Å². The standard InChI is InChI=1S/C20H19Cl2N7O2/c1-11-9-12(3-8-15(11)25-20(30)31-2)10-24-18-16(17(22)26-19(23)27-18)29-28-14-6-4-13(21)5-7-14/h3-9H,10H2,1-2H3,(H,25,30)(H3,23,24,26,27). The normalized spacial score (nSPS) is 10.8. The van der Waals surface area contributed by atoms with E-state index in [1.807, 2.05) is 19.1 Å². The zero-order chi connectivity index (χ0) is 22.4. The molecule has 0 saturated heterocycles. The topological polar surface area (TPSA) is 127 Å². The maximum absolute atomic E-state index is 11.4. The monoisotopic (exact) mass is 459 g/mol. The quantitative estimate of drug-likeness (QED) is 0.311. The van der Waals surface area contributed by atoms with Crippen molar-refractivity contribution in [3.05, 3.63) is 63.8 Å². The first-order valence-electron chi connectivity index (χ1n) is 9.04. The second kappa shape index (κ2) is 10.1. The lowest BCUT2D eigenvalue weighted by Crippen LogP contribution is -2.12. The van der Waals surface area contributed by atoms with Crippen molar-refractivity contribution in [1.82, 2.24) is 9.97 Å². The lowest BCUT2D eigenvalue weighted by atomic mass is 10.1. The molecule has 3 aromatic rings. The van der Waals surface area contributed by atoms with E-state index in [9.17, 15) is 4.79 Å². The summed E-state index contributed by atoms with van der Waals surface area (Å²) in [7, 11) is 1.31. The van der Waals surface area contributed by atoms with E-state index in [-0.39, 0.29) is 16.8 Å². The second-order valence-corrected chi connectivity index (χ2v) is 7.16. The highest BCUT2D eigenvalue weighted by atomic mass is 35.5. The van der Waals surface area contributed by atoms with Crippen LogP contribution in [-0.4, -0.2) is 23.2 Å². The van der Waals surface area contributed by atoms with Gasteiger partial charge in [-0.3, -0.25) is 5.32 Å². The molecule has 2 aromatic carbocycles. The fourth-order valence-corrected chi connectivity index (χ4v) is 2.93. The van der Waals surface area contributed by atoms with Crippen molar-refractivity contribution < 1.29 is 9.53 Å². The van der Waals surface area contributed by atoms with Crippen LogP contribution in [0.15, 0.2) is 52.7 Å². The van der Waals surface area contributed by atoms with Crippen LogP contribution in [0.25, 0.3) is 0 Å². The molecule has 3 rings (SSSR count). The Morgan fingerprint density at radius 2 is 1.87 bits per heavy atom. The first-order chi connectivity index (χ1) is 14.9. The Kier molecular flexibility index (Phi) is 7.22. The fraction of sp³-hybridized carbons (Fsp3) is 0.150. The molecular weight excluding hydrogens is 441 g/mol. The number of hydrogen-bond acceptors (Lipinski definition) is 8. The summed E-state index contributed by atoms with van der Waals surface area (Å²) >= 11 is 12.1. The highest BCUT2D eigenvalue weighted by Gasteiger charge is 2.13. The minimum Gasteiger partial charge on any atom is -0.453 e. The largest absolute Gasteiger partial charge is 0.453 e. The van der Waals surface area contributed by atoms with Gasteiger partial charge in [-0.05, 0) is 48.4 Å². The van der Waals surface area contributed by atoms with E-state index in [2.05, 4.69) is 35.6 Å². The SMILES string of the molecule is COC(=O)Nc1ccc(CNc2nc(N)nc(Cl)c2N=Nc2ccc(Cl)cc2)cc1C. The summed E-state index contributed by atoms with van der Waals surface area (Å²) in [6, 6.07) is 12.4. The predicted molar refractivity (Wildman–Crippen MR) is 122 cm³/mol. The lowest BCUT2D eigenvalue weighted by molar-refractivity contribution is 0.187. The van der Waals surface area contributed by atoms with Crippen molar-refractivity contribution in [2.45, 2.75) is 13.5 Å². The van der Waals surface area contributed by atoms with Crippen molar-refractivity contribution >= 4 is 58.1 Å². The minimum atomic E-state index is -0.532. The number of amides is 1. The number of hydrogen-bond donors (Lipinski definition) is 3. The maximum atomic E-state index is 11.4. The molecule has 0 bridgehead atoms. The molecule has 1 heterocycles. The van der Waals surface area contributed by atoms with Crippen molar-refractivity contribution in [3.63, 3.8) is 0 Å². The van der Waals surface area contributed by atoms with Gasteiger partial charge in [0.1, 0.15) is 0 Å². The Morgan fingerprint density at radius 1 is 1.13 bits per heavy atom. The zero-order valence-corrected chi connectivity index (χ0v) is 18.2. The van der Waals surface area contributed by atoms with E-state index >= 15 is 0 Å². The van der Waals surface area contributed by atoms with Crippen molar-refractivity contribution in [1.29, 1.82) is 0 Å². The highest BCUT2D eigenvalue weighted by molar-refractivity contribution is 6.32. The summed E-state index contributed by atoms with van der Waals surface area (Å²) in [5, 5.41) is 14.8. The van der Waals surface area contributed by atoms with Gasteiger partial charge in [0.15, 0.2) is 16.7 Å². The Morgan fingerprint density at radius 3 is 2.55 bits per heavy atom. The van der Waals surface area contributed by atoms with Crippen LogP contribution in [0.4, 0.5) is 33.6 Å². The number of ether oxygens (including phenoxy) is 1. The number of azo groups is 1. The number of nitrogens with two attached hydrogens (primary N) is 1. The number of nitrogen functional groups attached to an aromatic ring is 1. The molecule has 0 aliphatic carbocycles. The smallest absolute Gasteiger partial charge is 0.411 e. The summed E-state index contributed by atoms with van der Waals surface area (Å²) < 4.78 is 4.61. The van der Waals surface area contributed by atoms with E-state index < -0.39 is 6.09 Å².